The molecule has 1 aromatic heterocycles. The van der Waals surface area contributed by atoms with E-state index in [1.807, 2.05) is 0 Å². The van der Waals surface area contributed by atoms with Crippen molar-refractivity contribution in [2.75, 3.05) is 6.54 Å². The Kier molecular flexibility index (Phi) is 5.17. The van der Waals surface area contributed by atoms with Crippen LogP contribution in [0, 0.1) is 0 Å². The molecule has 20 heavy (non-hydrogen) atoms. The second kappa shape index (κ2) is 6.51. The van der Waals surface area contributed by atoms with Crippen LogP contribution < -0.4 is 10.5 Å². The molecule has 0 bridgehead atoms. The van der Waals surface area contributed by atoms with Crippen LogP contribution in [0.15, 0.2) is 27.8 Å². The normalized spacial score (nSPS) is 19.5. The minimum Gasteiger partial charge on any atom is -0.324 e. The summed E-state index contributed by atoms with van der Waals surface area (Å²) in [4.78, 5) is 4.04. The van der Waals surface area contributed by atoms with Gasteiger partial charge in [-0.25, -0.2) is 13.1 Å². The van der Waals surface area contributed by atoms with Gasteiger partial charge in [0.25, 0.3) is 0 Å². The summed E-state index contributed by atoms with van der Waals surface area (Å²) in [6.45, 7) is 0.280. The average Bonchev–Trinajstić information content (AvgIpc) is 2.62. The van der Waals surface area contributed by atoms with Gasteiger partial charge < -0.3 is 5.73 Å². The number of pyridine rings is 1. The Bertz CT molecular complexity index is 554. The molecule has 0 atom stereocenters. The van der Waals surface area contributed by atoms with Gasteiger partial charge in [0.1, 0.15) is 4.90 Å². The second-order valence-electron chi connectivity index (χ2n) is 5.44. The molecule has 0 saturated heterocycles. The van der Waals surface area contributed by atoms with Crippen molar-refractivity contribution in [2.24, 2.45) is 5.73 Å². The van der Waals surface area contributed by atoms with Gasteiger partial charge in [0.2, 0.25) is 10.0 Å². The van der Waals surface area contributed by atoms with Crippen LogP contribution in [0.25, 0.3) is 0 Å². The molecule has 1 aliphatic carbocycles. The van der Waals surface area contributed by atoms with E-state index in [1.54, 1.807) is 6.20 Å². The lowest BCUT2D eigenvalue weighted by molar-refractivity contribution is 0.369. The Hall–Kier alpha value is -0.500. The van der Waals surface area contributed by atoms with E-state index >= 15 is 0 Å². The SMILES string of the molecule is NC1(CNS(=O)(=O)c2cncc(Br)c2)CCCCCC1. The summed E-state index contributed by atoms with van der Waals surface area (Å²) < 4.78 is 27.7. The van der Waals surface area contributed by atoms with Crippen LogP contribution in [0.4, 0.5) is 0 Å². The predicted octanol–water partition coefficient (Wildman–Crippen LogP) is 2.17. The third kappa shape index (κ3) is 4.25. The molecule has 2 rings (SSSR count). The summed E-state index contributed by atoms with van der Waals surface area (Å²) in [7, 11) is -3.55. The average molecular weight is 362 g/mol. The highest BCUT2D eigenvalue weighted by molar-refractivity contribution is 9.10. The summed E-state index contributed by atoms with van der Waals surface area (Å²) in [5.41, 5.74) is 5.89. The lowest BCUT2D eigenvalue weighted by Crippen LogP contribution is -2.49. The molecule has 5 nitrogen and oxygen atoms in total. The van der Waals surface area contributed by atoms with Crippen LogP contribution in [-0.2, 0) is 10.0 Å². The first-order valence-electron chi connectivity index (χ1n) is 6.80. The van der Waals surface area contributed by atoms with E-state index in [4.69, 9.17) is 5.73 Å². The van der Waals surface area contributed by atoms with Crippen LogP contribution in [0.2, 0.25) is 0 Å². The molecule has 112 valence electrons. The van der Waals surface area contributed by atoms with E-state index in [-0.39, 0.29) is 11.4 Å². The lowest BCUT2D eigenvalue weighted by Gasteiger charge is -2.28. The quantitative estimate of drug-likeness (QED) is 0.804. The molecule has 1 saturated carbocycles. The molecule has 7 heteroatoms. The fourth-order valence-corrected chi connectivity index (χ4v) is 4.11. The Labute approximate surface area is 128 Å². The highest BCUT2D eigenvalue weighted by Gasteiger charge is 2.28. The smallest absolute Gasteiger partial charge is 0.242 e. The van der Waals surface area contributed by atoms with E-state index in [2.05, 4.69) is 25.6 Å². The van der Waals surface area contributed by atoms with Crippen LogP contribution in [0.5, 0.6) is 0 Å². The number of rotatable bonds is 4. The monoisotopic (exact) mass is 361 g/mol. The van der Waals surface area contributed by atoms with Gasteiger partial charge in [-0.1, -0.05) is 25.7 Å². The number of hydrogen-bond donors (Lipinski definition) is 2. The zero-order valence-corrected chi connectivity index (χ0v) is 13.7. The number of nitrogens with one attached hydrogen (secondary N) is 1. The number of nitrogens with two attached hydrogens (primary N) is 1. The maximum absolute atomic E-state index is 12.2. The van der Waals surface area contributed by atoms with Crippen LogP contribution in [0.1, 0.15) is 38.5 Å². The fraction of sp³-hybridized carbons (Fsp3) is 0.615. The van der Waals surface area contributed by atoms with Gasteiger partial charge in [-0.05, 0) is 34.8 Å². The number of sulfonamides is 1. The molecule has 0 unspecified atom stereocenters. The first kappa shape index (κ1) is 15.9. The Morgan fingerprint density at radius 1 is 1.25 bits per heavy atom. The van der Waals surface area contributed by atoms with Crippen molar-refractivity contribution >= 4 is 26.0 Å². The van der Waals surface area contributed by atoms with E-state index < -0.39 is 15.6 Å². The topological polar surface area (TPSA) is 85.1 Å². The number of halogens is 1. The largest absolute Gasteiger partial charge is 0.324 e. The van der Waals surface area contributed by atoms with Crippen LogP contribution in [0.3, 0.4) is 0 Å². The molecule has 0 aliphatic heterocycles. The van der Waals surface area contributed by atoms with Crippen molar-refractivity contribution in [1.82, 2.24) is 9.71 Å². The summed E-state index contributed by atoms with van der Waals surface area (Å²) >= 11 is 3.22. The van der Waals surface area contributed by atoms with Gasteiger partial charge >= 0.3 is 0 Å². The Morgan fingerprint density at radius 2 is 1.90 bits per heavy atom. The summed E-state index contributed by atoms with van der Waals surface area (Å²) in [6.07, 6.45) is 9.12. The van der Waals surface area contributed by atoms with Gasteiger partial charge in [0.15, 0.2) is 0 Å². The first-order valence-corrected chi connectivity index (χ1v) is 9.08. The first-order chi connectivity index (χ1) is 9.41. The lowest BCUT2D eigenvalue weighted by atomic mass is 9.92. The maximum Gasteiger partial charge on any atom is 0.242 e. The van der Waals surface area contributed by atoms with Gasteiger partial charge in [0.05, 0.1) is 0 Å². The van der Waals surface area contributed by atoms with Gasteiger partial charge in [0, 0.05) is 29.0 Å². The van der Waals surface area contributed by atoms with Crippen LogP contribution >= 0.6 is 15.9 Å². The summed E-state index contributed by atoms with van der Waals surface area (Å²) in [5, 5.41) is 0. The molecular formula is C13H20BrN3O2S. The van der Waals surface area contributed by atoms with Crippen molar-refractivity contribution in [1.29, 1.82) is 0 Å². The van der Waals surface area contributed by atoms with Crippen molar-refractivity contribution in [3.05, 3.63) is 22.9 Å². The van der Waals surface area contributed by atoms with E-state index in [0.717, 1.165) is 25.7 Å². The fourth-order valence-electron chi connectivity index (χ4n) is 2.47. The van der Waals surface area contributed by atoms with Gasteiger partial charge in [-0.2, -0.15) is 0 Å². The molecule has 0 spiro atoms. The molecule has 0 radical (unpaired) electrons. The highest BCUT2D eigenvalue weighted by atomic mass is 79.9. The van der Waals surface area contributed by atoms with Crippen molar-refractivity contribution in [3.8, 4) is 0 Å². The third-order valence-electron chi connectivity index (χ3n) is 3.70. The zero-order valence-electron chi connectivity index (χ0n) is 11.3. The number of nitrogens with zero attached hydrogens (tertiary/aromatic N) is 1. The van der Waals surface area contributed by atoms with Gasteiger partial charge in [-0.3, -0.25) is 4.98 Å². The predicted molar refractivity (Wildman–Crippen MR) is 81.7 cm³/mol. The standard InChI is InChI=1S/C13H20BrN3O2S/c14-11-7-12(9-16-8-11)20(18,19)17-10-13(15)5-3-1-2-4-6-13/h7-9,17H,1-6,10,15H2. The Morgan fingerprint density at radius 3 is 2.50 bits per heavy atom. The minimum atomic E-state index is -3.55. The van der Waals surface area contributed by atoms with E-state index in [0.29, 0.717) is 4.47 Å². The summed E-state index contributed by atoms with van der Waals surface area (Å²) in [6, 6.07) is 1.53. The maximum atomic E-state index is 12.2. The van der Waals surface area contributed by atoms with E-state index in [1.165, 1.54) is 25.1 Å². The summed E-state index contributed by atoms with van der Waals surface area (Å²) in [5.74, 6) is 0. The molecular weight excluding hydrogens is 342 g/mol. The Balaban J connectivity index is 2.05. The van der Waals surface area contributed by atoms with Crippen LogP contribution in [-0.4, -0.2) is 25.5 Å². The number of aromatic nitrogens is 1. The third-order valence-corrected chi connectivity index (χ3v) is 5.51. The van der Waals surface area contributed by atoms with Crippen molar-refractivity contribution in [2.45, 2.75) is 49.0 Å². The highest BCUT2D eigenvalue weighted by Crippen LogP contribution is 2.25. The van der Waals surface area contributed by atoms with Gasteiger partial charge in [-0.15, -0.1) is 0 Å². The molecule has 1 aromatic rings. The molecule has 1 heterocycles. The molecule has 1 aliphatic rings. The zero-order chi connectivity index (χ0) is 14.6. The van der Waals surface area contributed by atoms with E-state index in [9.17, 15) is 8.42 Å². The molecule has 3 N–H and O–H groups in total. The number of hydrogen-bond acceptors (Lipinski definition) is 4. The molecule has 1 fully saturated rings. The molecule has 0 amide bonds. The second-order valence-corrected chi connectivity index (χ2v) is 8.12. The van der Waals surface area contributed by atoms with Crippen molar-refractivity contribution in [3.63, 3.8) is 0 Å². The molecule has 0 aromatic carbocycles. The minimum absolute atomic E-state index is 0.157. The van der Waals surface area contributed by atoms with Crippen molar-refractivity contribution < 1.29 is 8.42 Å².